The maximum Gasteiger partial charge on any atom is 0.338 e. The number of benzene rings is 2. The van der Waals surface area contributed by atoms with Gasteiger partial charge in [-0.15, -0.1) is 0 Å². The van der Waals surface area contributed by atoms with Gasteiger partial charge in [0.1, 0.15) is 0 Å². The molecule has 0 radical (unpaired) electrons. The first-order valence-electron chi connectivity index (χ1n) is 9.10. The Kier molecular flexibility index (Phi) is 4.56. The number of H-pyrrole nitrogens is 1. The average molecular weight is 401 g/mol. The number of carboxylic acid groups (broad SMARTS) is 1. The number of alkyl halides is 1. The highest BCUT2D eigenvalue weighted by Gasteiger charge is 2.26. The molecule has 2 N–H and O–H groups in total. The molecule has 2 aromatic carbocycles. The second-order valence-electron chi connectivity index (χ2n) is 7.29. The summed E-state index contributed by atoms with van der Waals surface area (Å²) < 4.78 is 43.5. The van der Waals surface area contributed by atoms with E-state index >= 15 is 0 Å². The first-order chi connectivity index (χ1) is 13.8. The minimum atomic E-state index is -2.09. The molecule has 150 valence electrons. The van der Waals surface area contributed by atoms with Gasteiger partial charge in [0.25, 0.3) is 0 Å². The summed E-state index contributed by atoms with van der Waals surface area (Å²) in [5, 5.41) is 17.4. The van der Waals surface area contributed by atoms with Crippen LogP contribution in [0, 0.1) is 11.6 Å². The molecule has 2 heterocycles. The Morgan fingerprint density at radius 1 is 1.21 bits per heavy atom. The number of aromatic amines is 1. The molecule has 0 unspecified atom stereocenters. The Labute approximate surface area is 163 Å². The van der Waals surface area contributed by atoms with E-state index in [0.29, 0.717) is 33.4 Å². The van der Waals surface area contributed by atoms with Crippen LogP contribution in [-0.2, 0) is 11.2 Å². The van der Waals surface area contributed by atoms with Crippen molar-refractivity contribution in [1.29, 1.82) is 0 Å². The lowest BCUT2D eigenvalue weighted by Gasteiger charge is -2.16. The maximum atomic E-state index is 14.2. The van der Waals surface area contributed by atoms with Gasteiger partial charge in [-0.25, -0.2) is 18.0 Å². The van der Waals surface area contributed by atoms with Crippen LogP contribution >= 0.6 is 0 Å². The molecule has 0 amide bonds. The predicted molar refractivity (Wildman–Crippen MR) is 103 cm³/mol. The van der Waals surface area contributed by atoms with Gasteiger partial charge in [0.05, 0.1) is 17.2 Å². The number of nitrogens with zero attached hydrogens (tertiary/aromatic N) is 2. The van der Waals surface area contributed by atoms with Gasteiger partial charge in [-0.1, -0.05) is 13.8 Å². The highest BCUT2D eigenvalue weighted by Crippen LogP contribution is 2.37. The topological polar surface area (TPSA) is 70.9 Å². The first-order valence-corrected chi connectivity index (χ1v) is 9.10. The third kappa shape index (κ3) is 3.14. The molecule has 0 bridgehead atoms. The van der Waals surface area contributed by atoms with Crippen LogP contribution in [0.25, 0.3) is 27.5 Å². The number of fused-ring (bicyclic) bond motifs is 2. The molecular weight excluding hydrogens is 383 g/mol. The summed E-state index contributed by atoms with van der Waals surface area (Å²) in [5.74, 6) is -3.65. The molecule has 0 saturated carbocycles. The monoisotopic (exact) mass is 401 g/mol. The molecule has 4 aromatic rings. The molecule has 0 fully saturated rings. The van der Waals surface area contributed by atoms with E-state index in [2.05, 4.69) is 10.2 Å². The summed E-state index contributed by atoms with van der Waals surface area (Å²) >= 11 is 0. The molecule has 0 aliphatic carbocycles. The third-order valence-corrected chi connectivity index (χ3v) is 5.03. The number of rotatable bonds is 5. The van der Waals surface area contributed by atoms with Crippen molar-refractivity contribution in [3.8, 4) is 5.69 Å². The summed E-state index contributed by atoms with van der Waals surface area (Å²) in [6, 6.07) is 7.15. The molecule has 29 heavy (non-hydrogen) atoms. The molecule has 0 saturated heterocycles. The number of halogens is 3. The summed E-state index contributed by atoms with van der Waals surface area (Å²) in [6.07, 6.45) is -0.800. The zero-order valence-corrected chi connectivity index (χ0v) is 15.7. The van der Waals surface area contributed by atoms with Crippen molar-refractivity contribution >= 4 is 27.8 Å². The van der Waals surface area contributed by atoms with E-state index in [1.807, 2.05) is 19.9 Å². The standard InChI is InChI=1S/C21H18F3N3O2/c1-10(2)20-14(7-17(24)21(28)29)13-8-18-11(9-25-26-18)5-19(13)27(20)12-3-4-15(22)16(23)6-12/h3-6,8-10,17H,7H2,1-2H3,(H,25,26)(H,28,29)/t17-/m1/s1. The Bertz CT molecular complexity index is 1240. The molecule has 5 nitrogen and oxygen atoms in total. The number of hydrogen-bond acceptors (Lipinski definition) is 2. The third-order valence-electron chi connectivity index (χ3n) is 5.03. The largest absolute Gasteiger partial charge is 0.479 e. The highest BCUT2D eigenvalue weighted by molar-refractivity contribution is 5.99. The van der Waals surface area contributed by atoms with E-state index in [4.69, 9.17) is 5.11 Å². The van der Waals surface area contributed by atoms with Gasteiger partial charge in [-0.05, 0) is 35.7 Å². The van der Waals surface area contributed by atoms with Crippen LogP contribution in [0.4, 0.5) is 13.2 Å². The smallest absolute Gasteiger partial charge is 0.338 e. The quantitative estimate of drug-likeness (QED) is 0.501. The van der Waals surface area contributed by atoms with Crippen molar-refractivity contribution < 1.29 is 23.1 Å². The molecule has 4 rings (SSSR count). The van der Waals surface area contributed by atoms with Gasteiger partial charge in [0.2, 0.25) is 6.17 Å². The maximum absolute atomic E-state index is 14.2. The van der Waals surface area contributed by atoms with E-state index in [1.54, 1.807) is 16.8 Å². The van der Waals surface area contributed by atoms with Crippen molar-refractivity contribution in [2.75, 3.05) is 0 Å². The lowest BCUT2D eigenvalue weighted by atomic mass is 9.98. The lowest BCUT2D eigenvalue weighted by molar-refractivity contribution is -0.142. The zero-order valence-electron chi connectivity index (χ0n) is 15.7. The molecule has 0 aliphatic rings. The van der Waals surface area contributed by atoms with E-state index in [9.17, 15) is 18.0 Å². The second kappa shape index (κ2) is 6.95. The fourth-order valence-electron chi connectivity index (χ4n) is 3.80. The molecule has 8 heteroatoms. The van der Waals surface area contributed by atoms with Crippen LogP contribution in [0.2, 0.25) is 0 Å². The highest BCUT2D eigenvalue weighted by atomic mass is 19.2. The fourth-order valence-corrected chi connectivity index (χ4v) is 3.80. The minimum absolute atomic E-state index is 0.136. The molecule has 1 atom stereocenters. The lowest BCUT2D eigenvalue weighted by Crippen LogP contribution is -2.18. The summed E-state index contributed by atoms with van der Waals surface area (Å²) in [6.45, 7) is 3.77. The number of carbonyl (C=O) groups is 1. The van der Waals surface area contributed by atoms with Crippen molar-refractivity contribution in [2.24, 2.45) is 0 Å². The number of aliphatic carboxylic acids is 1. The van der Waals surface area contributed by atoms with Crippen LogP contribution < -0.4 is 0 Å². The van der Waals surface area contributed by atoms with Crippen LogP contribution in [0.15, 0.2) is 36.5 Å². The normalized spacial score (nSPS) is 12.9. The second-order valence-corrected chi connectivity index (χ2v) is 7.29. The van der Waals surface area contributed by atoms with Crippen molar-refractivity contribution in [3.63, 3.8) is 0 Å². The van der Waals surface area contributed by atoms with Crippen molar-refractivity contribution in [3.05, 3.63) is 59.4 Å². The summed E-state index contributed by atoms with van der Waals surface area (Å²) in [5.41, 5.74) is 2.89. The fraction of sp³-hybridized carbons (Fsp3) is 0.238. The van der Waals surface area contributed by atoms with Crippen LogP contribution in [0.1, 0.15) is 31.0 Å². The van der Waals surface area contributed by atoms with Crippen LogP contribution in [0.5, 0.6) is 0 Å². The number of carboxylic acids is 1. The van der Waals surface area contributed by atoms with Gasteiger partial charge in [0.15, 0.2) is 11.6 Å². The Morgan fingerprint density at radius 3 is 2.62 bits per heavy atom. The predicted octanol–water partition coefficient (Wildman–Crippen LogP) is 4.87. The number of aromatic nitrogens is 3. The van der Waals surface area contributed by atoms with E-state index in [0.717, 1.165) is 17.5 Å². The zero-order chi connectivity index (χ0) is 20.9. The average Bonchev–Trinajstić information content (AvgIpc) is 3.24. The molecular formula is C21H18F3N3O2. The van der Waals surface area contributed by atoms with Crippen molar-refractivity contribution in [1.82, 2.24) is 14.8 Å². The Balaban J connectivity index is 2.10. The van der Waals surface area contributed by atoms with Gasteiger partial charge in [-0.3, -0.25) is 5.10 Å². The SMILES string of the molecule is CC(C)c1c(C[C@@H](F)C(=O)O)c2cc3[nH]ncc3cc2n1-c1ccc(F)c(F)c1. The summed E-state index contributed by atoms with van der Waals surface area (Å²) in [4.78, 5) is 11.2. The van der Waals surface area contributed by atoms with Gasteiger partial charge in [-0.2, -0.15) is 5.10 Å². The van der Waals surface area contributed by atoms with E-state index in [-0.39, 0.29) is 12.3 Å². The number of hydrogen-bond donors (Lipinski definition) is 2. The Hall–Kier alpha value is -3.29. The van der Waals surface area contributed by atoms with Crippen LogP contribution in [-0.4, -0.2) is 32.0 Å². The van der Waals surface area contributed by atoms with Gasteiger partial charge >= 0.3 is 5.97 Å². The molecule has 0 spiro atoms. The molecule has 2 aromatic heterocycles. The minimum Gasteiger partial charge on any atom is -0.479 e. The van der Waals surface area contributed by atoms with Gasteiger partial charge < -0.3 is 9.67 Å². The Morgan fingerprint density at radius 2 is 1.97 bits per heavy atom. The first kappa shape index (κ1) is 19.0. The van der Waals surface area contributed by atoms with E-state index < -0.39 is 23.8 Å². The van der Waals surface area contributed by atoms with Crippen molar-refractivity contribution in [2.45, 2.75) is 32.4 Å². The number of nitrogens with one attached hydrogen (secondary N) is 1. The van der Waals surface area contributed by atoms with Gasteiger partial charge in [0, 0.05) is 34.6 Å². The van der Waals surface area contributed by atoms with Crippen LogP contribution in [0.3, 0.4) is 0 Å². The molecule has 0 aliphatic heterocycles. The van der Waals surface area contributed by atoms with E-state index in [1.165, 1.54) is 6.07 Å². The summed E-state index contributed by atoms with van der Waals surface area (Å²) in [7, 11) is 0.